The van der Waals surface area contributed by atoms with Gasteiger partial charge in [0.1, 0.15) is 11.5 Å². The summed E-state index contributed by atoms with van der Waals surface area (Å²) in [5, 5.41) is 0. The van der Waals surface area contributed by atoms with Crippen LogP contribution in [-0.2, 0) is 13.1 Å². The Morgan fingerprint density at radius 2 is 1.67 bits per heavy atom. The molecule has 0 atom stereocenters. The molecule has 1 aromatic heterocycles. The number of nitrogens with two attached hydrogens (primary N) is 2. The molecule has 4 N–H and O–H groups in total. The third kappa shape index (κ3) is 0.975. The second kappa shape index (κ2) is 2.92. The van der Waals surface area contributed by atoms with Crippen LogP contribution in [-0.4, -0.2) is 9.36 Å². The van der Waals surface area contributed by atoms with Gasteiger partial charge in [-0.2, -0.15) is 0 Å². The molecule has 0 amide bonds. The molecular formula is C7H14N4O. The maximum atomic E-state index is 11.3. The average Bonchev–Trinajstić information content (AvgIpc) is 2.29. The monoisotopic (exact) mass is 170 g/mol. The van der Waals surface area contributed by atoms with Gasteiger partial charge in [-0.05, 0) is 13.8 Å². The third-order valence-corrected chi connectivity index (χ3v) is 1.91. The lowest BCUT2D eigenvalue weighted by Crippen LogP contribution is -2.22. The molecule has 0 aliphatic heterocycles. The van der Waals surface area contributed by atoms with Crippen molar-refractivity contribution in [1.82, 2.24) is 9.36 Å². The van der Waals surface area contributed by atoms with Crippen molar-refractivity contribution >= 4 is 11.5 Å². The summed E-state index contributed by atoms with van der Waals surface area (Å²) in [6.07, 6.45) is 0. The fourth-order valence-electron chi connectivity index (χ4n) is 1.28. The fourth-order valence-corrected chi connectivity index (χ4v) is 1.28. The van der Waals surface area contributed by atoms with Crippen molar-refractivity contribution in [2.45, 2.75) is 26.9 Å². The Morgan fingerprint density at radius 3 is 2.00 bits per heavy atom. The highest BCUT2D eigenvalue weighted by Crippen LogP contribution is 2.09. The van der Waals surface area contributed by atoms with Gasteiger partial charge >= 0.3 is 0 Å². The Labute approximate surface area is 70.5 Å². The molecule has 0 aliphatic carbocycles. The number of nitrogens with zero attached hydrogens (tertiary/aromatic N) is 2. The molecule has 0 spiro atoms. The first-order chi connectivity index (χ1) is 5.63. The highest BCUT2D eigenvalue weighted by Gasteiger charge is 2.11. The Bertz CT molecular complexity index is 336. The predicted octanol–water partition coefficient (Wildman–Crippen LogP) is -0.146. The van der Waals surface area contributed by atoms with E-state index in [2.05, 4.69) is 0 Å². The van der Waals surface area contributed by atoms with Crippen LogP contribution in [0.1, 0.15) is 13.8 Å². The summed E-state index contributed by atoms with van der Waals surface area (Å²) in [6, 6.07) is 0. The van der Waals surface area contributed by atoms with Crippen molar-refractivity contribution in [3.8, 4) is 0 Å². The van der Waals surface area contributed by atoms with Gasteiger partial charge in [-0.3, -0.25) is 9.48 Å². The first-order valence-corrected chi connectivity index (χ1v) is 3.98. The quantitative estimate of drug-likeness (QED) is 0.648. The summed E-state index contributed by atoms with van der Waals surface area (Å²) < 4.78 is 3.21. The summed E-state index contributed by atoms with van der Waals surface area (Å²) in [6.45, 7) is 5.05. The molecule has 0 saturated heterocycles. The number of nitrogen functional groups attached to an aromatic ring is 2. The zero-order valence-corrected chi connectivity index (χ0v) is 7.37. The Balaban J connectivity index is 3.44. The van der Waals surface area contributed by atoms with Crippen LogP contribution in [0.2, 0.25) is 0 Å². The van der Waals surface area contributed by atoms with E-state index in [0.717, 1.165) is 0 Å². The summed E-state index contributed by atoms with van der Waals surface area (Å²) in [5.74, 6) is 0.365. The SMILES string of the molecule is CCn1c(N)c(N)c(=O)n1CC. The highest BCUT2D eigenvalue weighted by atomic mass is 16.1. The number of anilines is 2. The Morgan fingerprint density at radius 1 is 1.17 bits per heavy atom. The van der Waals surface area contributed by atoms with E-state index in [1.165, 1.54) is 4.68 Å². The molecule has 5 heteroatoms. The minimum atomic E-state index is -0.197. The van der Waals surface area contributed by atoms with E-state index >= 15 is 0 Å². The fraction of sp³-hybridized carbons (Fsp3) is 0.571. The molecule has 0 fully saturated rings. The molecule has 0 radical (unpaired) electrons. The van der Waals surface area contributed by atoms with E-state index in [4.69, 9.17) is 11.5 Å². The maximum Gasteiger partial charge on any atom is 0.292 e. The van der Waals surface area contributed by atoms with Crippen LogP contribution in [0.3, 0.4) is 0 Å². The van der Waals surface area contributed by atoms with Gasteiger partial charge in [-0.25, -0.2) is 4.68 Å². The Hall–Kier alpha value is -1.39. The molecular weight excluding hydrogens is 156 g/mol. The summed E-state index contributed by atoms with van der Waals surface area (Å²) in [4.78, 5) is 11.3. The number of hydrogen-bond acceptors (Lipinski definition) is 3. The van der Waals surface area contributed by atoms with Gasteiger partial charge in [0.15, 0.2) is 0 Å². The van der Waals surface area contributed by atoms with Gasteiger partial charge < -0.3 is 11.5 Å². The smallest absolute Gasteiger partial charge is 0.292 e. The standard InChI is InChI=1S/C7H14N4O/c1-3-10-6(9)5(8)7(12)11(10)4-2/h3-4,8-9H2,1-2H3. The molecule has 0 unspecified atom stereocenters. The molecule has 0 aliphatic rings. The lowest BCUT2D eigenvalue weighted by molar-refractivity contribution is 0.483. The van der Waals surface area contributed by atoms with Crippen LogP contribution in [0.15, 0.2) is 4.79 Å². The zero-order valence-electron chi connectivity index (χ0n) is 7.37. The molecule has 1 rings (SSSR count). The van der Waals surface area contributed by atoms with Gasteiger partial charge in [0, 0.05) is 13.1 Å². The van der Waals surface area contributed by atoms with Gasteiger partial charge in [0.2, 0.25) is 0 Å². The van der Waals surface area contributed by atoms with E-state index in [-0.39, 0.29) is 11.2 Å². The molecule has 1 aromatic rings. The molecule has 68 valence electrons. The van der Waals surface area contributed by atoms with Crippen LogP contribution in [0.5, 0.6) is 0 Å². The summed E-state index contributed by atoms with van der Waals surface area (Å²) >= 11 is 0. The van der Waals surface area contributed by atoms with Crippen LogP contribution in [0.25, 0.3) is 0 Å². The van der Waals surface area contributed by atoms with Crippen molar-refractivity contribution < 1.29 is 0 Å². The van der Waals surface area contributed by atoms with E-state index in [0.29, 0.717) is 18.9 Å². The molecule has 12 heavy (non-hydrogen) atoms. The van der Waals surface area contributed by atoms with Crippen molar-refractivity contribution in [2.75, 3.05) is 11.5 Å². The van der Waals surface area contributed by atoms with Gasteiger partial charge in [0.25, 0.3) is 5.56 Å². The lowest BCUT2D eigenvalue weighted by Gasteiger charge is -2.07. The minimum absolute atomic E-state index is 0.152. The maximum absolute atomic E-state index is 11.3. The predicted molar refractivity (Wildman–Crippen MR) is 48.9 cm³/mol. The zero-order chi connectivity index (χ0) is 9.30. The molecule has 0 saturated carbocycles. The van der Waals surface area contributed by atoms with Gasteiger partial charge in [-0.15, -0.1) is 0 Å². The largest absolute Gasteiger partial charge is 0.391 e. The number of hydrogen-bond donors (Lipinski definition) is 2. The van der Waals surface area contributed by atoms with Crippen LogP contribution < -0.4 is 17.0 Å². The minimum Gasteiger partial charge on any atom is -0.391 e. The van der Waals surface area contributed by atoms with E-state index in [1.54, 1.807) is 4.68 Å². The molecule has 0 bridgehead atoms. The second-order valence-corrected chi connectivity index (χ2v) is 2.54. The highest BCUT2D eigenvalue weighted by molar-refractivity contribution is 5.57. The summed E-state index contributed by atoms with van der Waals surface area (Å²) in [5.41, 5.74) is 11.0. The van der Waals surface area contributed by atoms with E-state index in [1.807, 2.05) is 13.8 Å². The average molecular weight is 170 g/mol. The molecule has 1 heterocycles. The second-order valence-electron chi connectivity index (χ2n) is 2.54. The van der Waals surface area contributed by atoms with Crippen LogP contribution >= 0.6 is 0 Å². The number of rotatable bonds is 2. The molecule has 5 nitrogen and oxygen atoms in total. The normalized spacial score (nSPS) is 10.5. The summed E-state index contributed by atoms with van der Waals surface area (Å²) in [7, 11) is 0. The van der Waals surface area contributed by atoms with E-state index < -0.39 is 0 Å². The third-order valence-electron chi connectivity index (χ3n) is 1.91. The van der Waals surface area contributed by atoms with Crippen LogP contribution in [0.4, 0.5) is 11.5 Å². The van der Waals surface area contributed by atoms with Crippen molar-refractivity contribution in [1.29, 1.82) is 0 Å². The van der Waals surface area contributed by atoms with E-state index in [9.17, 15) is 4.79 Å². The topological polar surface area (TPSA) is 79.0 Å². The lowest BCUT2D eigenvalue weighted by atomic mass is 10.5. The first kappa shape index (κ1) is 8.70. The first-order valence-electron chi connectivity index (χ1n) is 3.98. The Kier molecular flexibility index (Phi) is 2.12. The van der Waals surface area contributed by atoms with Crippen LogP contribution in [0, 0.1) is 0 Å². The van der Waals surface area contributed by atoms with Gasteiger partial charge in [-0.1, -0.05) is 0 Å². The number of aromatic nitrogens is 2. The van der Waals surface area contributed by atoms with Crippen molar-refractivity contribution in [3.05, 3.63) is 10.4 Å². The molecule has 0 aromatic carbocycles. The van der Waals surface area contributed by atoms with Gasteiger partial charge in [0.05, 0.1) is 0 Å². The van der Waals surface area contributed by atoms with Crippen molar-refractivity contribution in [3.63, 3.8) is 0 Å². The van der Waals surface area contributed by atoms with Crippen molar-refractivity contribution in [2.24, 2.45) is 0 Å².